The molecule has 0 spiro atoms. The van der Waals surface area contributed by atoms with Gasteiger partial charge >= 0.3 is 5.97 Å². The average Bonchev–Trinajstić information content (AvgIpc) is 2.57. The zero-order chi connectivity index (χ0) is 17.5. The summed E-state index contributed by atoms with van der Waals surface area (Å²) in [6.45, 7) is 4.01. The van der Waals surface area contributed by atoms with E-state index in [4.69, 9.17) is 16.3 Å². The number of nitrogens with one attached hydrogen (secondary N) is 1. The van der Waals surface area contributed by atoms with Crippen LogP contribution in [0.5, 0.6) is 0 Å². The molecule has 0 saturated heterocycles. The Morgan fingerprint density at radius 1 is 1.25 bits per heavy atom. The molecule has 1 aromatic carbocycles. The molecule has 1 N–H and O–H groups in total. The monoisotopic (exact) mass is 365 g/mol. The Morgan fingerprint density at radius 3 is 2.58 bits per heavy atom. The van der Waals surface area contributed by atoms with Crippen LogP contribution in [0.25, 0.3) is 0 Å². The molecule has 0 aliphatic carbocycles. The first-order valence-electron chi connectivity index (χ1n) is 7.29. The second-order valence-electron chi connectivity index (χ2n) is 4.53. The van der Waals surface area contributed by atoms with Crippen LogP contribution < -0.4 is 5.32 Å². The molecular formula is C16H16ClN3O3S. The summed E-state index contributed by atoms with van der Waals surface area (Å²) in [6, 6.07) is 6.38. The maximum Gasteiger partial charge on any atom is 0.338 e. The van der Waals surface area contributed by atoms with Crippen molar-refractivity contribution < 1.29 is 14.3 Å². The topological polar surface area (TPSA) is 81.2 Å². The van der Waals surface area contributed by atoms with E-state index in [-0.39, 0.29) is 10.7 Å². The standard InChI is InChI=1S/C16H16ClN3O3S/c1-3-23-15(22)10-5-7-11(8-6-10)19-14(21)13-12(17)9-18-16(20-13)24-4-2/h5-9H,3-4H2,1-2H3,(H,19,21). The van der Waals surface area contributed by atoms with Crippen molar-refractivity contribution in [1.82, 2.24) is 9.97 Å². The highest BCUT2D eigenvalue weighted by Gasteiger charge is 2.15. The number of nitrogens with zero attached hydrogens (tertiary/aromatic N) is 2. The minimum absolute atomic E-state index is 0.108. The molecule has 2 rings (SSSR count). The number of amides is 1. The smallest absolute Gasteiger partial charge is 0.338 e. The number of hydrogen-bond donors (Lipinski definition) is 1. The fraction of sp³-hybridized carbons (Fsp3) is 0.250. The van der Waals surface area contributed by atoms with Gasteiger partial charge < -0.3 is 10.1 Å². The van der Waals surface area contributed by atoms with Crippen molar-refractivity contribution in [3.05, 3.63) is 46.7 Å². The molecule has 0 radical (unpaired) electrons. The highest BCUT2D eigenvalue weighted by Crippen LogP contribution is 2.19. The summed E-state index contributed by atoms with van der Waals surface area (Å²) in [7, 11) is 0. The van der Waals surface area contributed by atoms with E-state index in [1.807, 2.05) is 6.92 Å². The zero-order valence-electron chi connectivity index (χ0n) is 13.2. The minimum Gasteiger partial charge on any atom is -0.462 e. The zero-order valence-corrected chi connectivity index (χ0v) is 14.8. The van der Waals surface area contributed by atoms with Gasteiger partial charge in [-0.2, -0.15) is 0 Å². The predicted molar refractivity (Wildman–Crippen MR) is 93.8 cm³/mol. The van der Waals surface area contributed by atoms with Gasteiger partial charge in [-0.15, -0.1) is 0 Å². The fourth-order valence-corrected chi connectivity index (χ4v) is 2.52. The number of anilines is 1. The average molecular weight is 366 g/mol. The summed E-state index contributed by atoms with van der Waals surface area (Å²) in [5.41, 5.74) is 1.04. The Hall–Kier alpha value is -2.12. The molecule has 0 fully saturated rings. The summed E-state index contributed by atoms with van der Waals surface area (Å²) in [4.78, 5) is 32.1. The Morgan fingerprint density at radius 2 is 1.96 bits per heavy atom. The van der Waals surface area contributed by atoms with Crippen molar-refractivity contribution >= 4 is 40.9 Å². The molecule has 1 aromatic heterocycles. The summed E-state index contributed by atoms with van der Waals surface area (Å²) < 4.78 is 4.91. The molecule has 6 nitrogen and oxygen atoms in total. The van der Waals surface area contributed by atoms with Gasteiger partial charge in [0.2, 0.25) is 0 Å². The lowest BCUT2D eigenvalue weighted by atomic mass is 10.2. The third kappa shape index (κ3) is 4.69. The molecule has 0 aliphatic heterocycles. The van der Waals surface area contributed by atoms with Gasteiger partial charge in [0, 0.05) is 5.69 Å². The minimum atomic E-state index is -0.441. The summed E-state index contributed by atoms with van der Waals surface area (Å²) in [5.74, 6) is -0.0578. The third-order valence-corrected chi connectivity index (χ3v) is 3.88. The van der Waals surface area contributed by atoms with Gasteiger partial charge in [-0.25, -0.2) is 14.8 Å². The molecule has 1 heterocycles. The SMILES string of the molecule is CCOC(=O)c1ccc(NC(=O)c2nc(SCC)ncc2Cl)cc1. The van der Waals surface area contributed by atoms with Crippen LogP contribution in [-0.4, -0.2) is 34.2 Å². The van der Waals surface area contributed by atoms with E-state index >= 15 is 0 Å². The largest absolute Gasteiger partial charge is 0.462 e. The lowest BCUT2D eigenvalue weighted by molar-refractivity contribution is 0.0526. The van der Waals surface area contributed by atoms with Crippen LogP contribution in [0.4, 0.5) is 5.69 Å². The predicted octanol–water partition coefficient (Wildman–Crippen LogP) is 3.67. The molecule has 8 heteroatoms. The number of ether oxygens (including phenoxy) is 1. The maximum atomic E-state index is 12.3. The summed E-state index contributed by atoms with van der Waals surface area (Å²) in [6.07, 6.45) is 1.41. The number of halogens is 1. The number of esters is 1. The van der Waals surface area contributed by atoms with Crippen LogP contribution in [0.2, 0.25) is 5.02 Å². The number of benzene rings is 1. The molecule has 0 unspecified atom stereocenters. The maximum absolute atomic E-state index is 12.3. The number of rotatable bonds is 6. The Kier molecular flexibility index (Phi) is 6.57. The number of hydrogen-bond acceptors (Lipinski definition) is 6. The fourth-order valence-electron chi connectivity index (χ4n) is 1.80. The summed E-state index contributed by atoms with van der Waals surface area (Å²) >= 11 is 7.42. The van der Waals surface area contributed by atoms with Crippen LogP contribution in [0.1, 0.15) is 34.7 Å². The second kappa shape index (κ2) is 8.65. The van der Waals surface area contributed by atoms with Crippen molar-refractivity contribution in [3.63, 3.8) is 0 Å². The van der Waals surface area contributed by atoms with Gasteiger partial charge in [0.25, 0.3) is 5.91 Å². The second-order valence-corrected chi connectivity index (χ2v) is 6.17. The molecule has 0 bridgehead atoms. The highest BCUT2D eigenvalue weighted by atomic mass is 35.5. The van der Waals surface area contributed by atoms with Crippen molar-refractivity contribution in [1.29, 1.82) is 0 Å². The Bertz CT molecular complexity index is 738. The first-order valence-corrected chi connectivity index (χ1v) is 8.65. The van der Waals surface area contributed by atoms with Gasteiger partial charge in [-0.3, -0.25) is 4.79 Å². The lowest BCUT2D eigenvalue weighted by Gasteiger charge is -2.08. The number of carbonyl (C=O) groups is 2. The van der Waals surface area contributed by atoms with Gasteiger partial charge in [-0.05, 0) is 36.9 Å². The molecule has 0 saturated carbocycles. The van der Waals surface area contributed by atoms with Crippen molar-refractivity contribution in [2.45, 2.75) is 19.0 Å². The van der Waals surface area contributed by atoms with Gasteiger partial charge in [0.15, 0.2) is 10.9 Å². The quantitative estimate of drug-likeness (QED) is 0.478. The Balaban J connectivity index is 2.12. The van der Waals surface area contributed by atoms with Gasteiger partial charge in [0.1, 0.15) is 0 Å². The highest BCUT2D eigenvalue weighted by molar-refractivity contribution is 7.99. The van der Waals surface area contributed by atoms with E-state index in [0.29, 0.717) is 23.0 Å². The van der Waals surface area contributed by atoms with Crippen LogP contribution in [-0.2, 0) is 4.74 Å². The normalized spacial score (nSPS) is 10.3. The lowest BCUT2D eigenvalue weighted by Crippen LogP contribution is -2.15. The van der Waals surface area contributed by atoms with Gasteiger partial charge in [-0.1, -0.05) is 30.3 Å². The van der Waals surface area contributed by atoms with E-state index in [1.165, 1.54) is 18.0 Å². The molecule has 24 heavy (non-hydrogen) atoms. The number of thioether (sulfide) groups is 1. The van der Waals surface area contributed by atoms with Crippen LogP contribution >= 0.6 is 23.4 Å². The van der Waals surface area contributed by atoms with E-state index < -0.39 is 11.9 Å². The van der Waals surface area contributed by atoms with Gasteiger partial charge in [0.05, 0.1) is 23.4 Å². The van der Waals surface area contributed by atoms with Crippen molar-refractivity contribution in [3.8, 4) is 0 Å². The first kappa shape index (κ1) is 18.2. The van der Waals surface area contributed by atoms with E-state index in [1.54, 1.807) is 31.2 Å². The summed E-state index contributed by atoms with van der Waals surface area (Å²) in [5, 5.41) is 3.36. The molecular weight excluding hydrogens is 350 g/mol. The van der Waals surface area contributed by atoms with Crippen LogP contribution in [0, 0.1) is 0 Å². The van der Waals surface area contributed by atoms with E-state index in [9.17, 15) is 9.59 Å². The first-order chi connectivity index (χ1) is 11.5. The van der Waals surface area contributed by atoms with E-state index in [0.717, 1.165) is 5.75 Å². The van der Waals surface area contributed by atoms with Crippen LogP contribution in [0.15, 0.2) is 35.6 Å². The van der Waals surface area contributed by atoms with Crippen LogP contribution in [0.3, 0.4) is 0 Å². The molecule has 2 aromatic rings. The molecule has 126 valence electrons. The van der Waals surface area contributed by atoms with Crippen molar-refractivity contribution in [2.75, 3.05) is 17.7 Å². The molecule has 0 atom stereocenters. The van der Waals surface area contributed by atoms with Crippen molar-refractivity contribution in [2.24, 2.45) is 0 Å². The third-order valence-electron chi connectivity index (χ3n) is 2.86. The van der Waals surface area contributed by atoms with E-state index in [2.05, 4.69) is 15.3 Å². The number of aromatic nitrogens is 2. The molecule has 0 aliphatic rings. The number of carbonyl (C=O) groups excluding carboxylic acids is 2. The molecule has 1 amide bonds. The Labute approximate surface area is 149 Å².